The van der Waals surface area contributed by atoms with Crippen LogP contribution in [0.1, 0.15) is 12.5 Å². The van der Waals surface area contributed by atoms with Crippen LogP contribution in [-0.2, 0) is 11.2 Å². The lowest BCUT2D eigenvalue weighted by Gasteiger charge is -2.17. The van der Waals surface area contributed by atoms with Crippen LogP contribution in [0.15, 0.2) is 54.6 Å². The third kappa shape index (κ3) is 5.75. The summed E-state index contributed by atoms with van der Waals surface area (Å²) in [7, 11) is 1.92. The van der Waals surface area contributed by atoms with Gasteiger partial charge in [0.25, 0.3) is 0 Å². The van der Waals surface area contributed by atoms with Gasteiger partial charge < -0.3 is 10.1 Å². The molecular formula is C19H24N2O2. The van der Waals surface area contributed by atoms with E-state index >= 15 is 0 Å². The molecule has 0 aromatic heterocycles. The lowest BCUT2D eigenvalue weighted by Crippen LogP contribution is -2.33. The SMILES string of the molecule is CCc1ccccc1NC(=O)CN(C)CCOc1ccccc1. The second-order valence-corrected chi connectivity index (χ2v) is 5.46. The van der Waals surface area contributed by atoms with E-state index in [0.29, 0.717) is 19.7 Å². The molecule has 0 spiro atoms. The van der Waals surface area contributed by atoms with Crippen LogP contribution in [0.3, 0.4) is 0 Å². The molecular weight excluding hydrogens is 288 g/mol. The summed E-state index contributed by atoms with van der Waals surface area (Å²) in [5.74, 6) is 0.843. The van der Waals surface area contributed by atoms with Gasteiger partial charge in [-0.2, -0.15) is 0 Å². The molecule has 2 aromatic carbocycles. The normalized spacial score (nSPS) is 10.6. The highest BCUT2D eigenvalue weighted by molar-refractivity contribution is 5.92. The predicted molar refractivity (Wildman–Crippen MR) is 93.9 cm³/mol. The third-order valence-electron chi connectivity index (χ3n) is 3.57. The number of para-hydroxylation sites is 2. The number of hydrogen-bond donors (Lipinski definition) is 1. The highest BCUT2D eigenvalue weighted by Crippen LogP contribution is 2.15. The first-order valence-electron chi connectivity index (χ1n) is 7.93. The first-order chi connectivity index (χ1) is 11.2. The van der Waals surface area contributed by atoms with Crippen molar-refractivity contribution in [2.75, 3.05) is 32.1 Å². The van der Waals surface area contributed by atoms with Crippen molar-refractivity contribution in [2.24, 2.45) is 0 Å². The van der Waals surface area contributed by atoms with Crippen molar-refractivity contribution in [1.82, 2.24) is 4.90 Å². The van der Waals surface area contributed by atoms with E-state index in [4.69, 9.17) is 4.74 Å². The van der Waals surface area contributed by atoms with Gasteiger partial charge in [0.1, 0.15) is 12.4 Å². The average Bonchev–Trinajstić information content (AvgIpc) is 2.56. The van der Waals surface area contributed by atoms with Gasteiger partial charge in [-0.3, -0.25) is 9.69 Å². The monoisotopic (exact) mass is 312 g/mol. The fraction of sp³-hybridized carbons (Fsp3) is 0.316. The fourth-order valence-electron chi connectivity index (χ4n) is 2.30. The highest BCUT2D eigenvalue weighted by atomic mass is 16.5. The number of benzene rings is 2. The van der Waals surface area contributed by atoms with Crippen LogP contribution in [0, 0.1) is 0 Å². The number of anilines is 1. The smallest absolute Gasteiger partial charge is 0.238 e. The first kappa shape index (κ1) is 17.0. The molecule has 4 heteroatoms. The zero-order chi connectivity index (χ0) is 16.5. The molecule has 122 valence electrons. The van der Waals surface area contributed by atoms with Gasteiger partial charge in [-0.25, -0.2) is 0 Å². The van der Waals surface area contributed by atoms with Gasteiger partial charge in [0.2, 0.25) is 5.91 Å². The summed E-state index contributed by atoms with van der Waals surface area (Å²) in [6.45, 7) is 3.67. The number of amides is 1. The van der Waals surface area contributed by atoms with Gasteiger partial charge in [-0.15, -0.1) is 0 Å². The van der Waals surface area contributed by atoms with E-state index in [9.17, 15) is 4.79 Å². The molecule has 2 rings (SSSR count). The Morgan fingerprint density at radius 1 is 1.09 bits per heavy atom. The number of rotatable bonds is 8. The molecule has 0 atom stereocenters. The van der Waals surface area contributed by atoms with Gasteiger partial charge in [0, 0.05) is 12.2 Å². The maximum atomic E-state index is 12.1. The minimum Gasteiger partial charge on any atom is -0.492 e. The van der Waals surface area contributed by atoms with Crippen LogP contribution < -0.4 is 10.1 Å². The van der Waals surface area contributed by atoms with Gasteiger partial charge in [-0.05, 0) is 37.2 Å². The van der Waals surface area contributed by atoms with Gasteiger partial charge in [-0.1, -0.05) is 43.3 Å². The molecule has 23 heavy (non-hydrogen) atoms. The molecule has 0 aliphatic carbocycles. The summed E-state index contributed by atoms with van der Waals surface area (Å²) in [6, 6.07) is 17.6. The Balaban J connectivity index is 1.74. The summed E-state index contributed by atoms with van der Waals surface area (Å²) >= 11 is 0. The molecule has 2 aromatic rings. The van der Waals surface area contributed by atoms with Crippen LogP contribution in [-0.4, -0.2) is 37.6 Å². The summed E-state index contributed by atoms with van der Waals surface area (Å²) in [4.78, 5) is 14.1. The molecule has 0 bridgehead atoms. The Morgan fingerprint density at radius 2 is 1.78 bits per heavy atom. The van der Waals surface area contributed by atoms with Crippen molar-refractivity contribution in [3.8, 4) is 5.75 Å². The van der Waals surface area contributed by atoms with Crippen molar-refractivity contribution in [1.29, 1.82) is 0 Å². The topological polar surface area (TPSA) is 41.6 Å². The molecule has 0 radical (unpaired) electrons. The Labute approximate surface area is 138 Å². The third-order valence-corrected chi connectivity index (χ3v) is 3.57. The maximum absolute atomic E-state index is 12.1. The zero-order valence-electron chi connectivity index (χ0n) is 13.8. The van der Waals surface area contributed by atoms with Crippen molar-refractivity contribution in [3.63, 3.8) is 0 Å². The largest absolute Gasteiger partial charge is 0.492 e. The number of aryl methyl sites for hydroxylation is 1. The molecule has 0 aliphatic rings. The van der Waals surface area contributed by atoms with Crippen LogP contribution in [0.25, 0.3) is 0 Å². The van der Waals surface area contributed by atoms with E-state index in [1.165, 1.54) is 0 Å². The van der Waals surface area contributed by atoms with E-state index in [1.54, 1.807) is 0 Å². The van der Waals surface area contributed by atoms with Crippen LogP contribution >= 0.6 is 0 Å². The summed E-state index contributed by atoms with van der Waals surface area (Å²) in [5, 5.41) is 2.98. The van der Waals surface area contributed by atoms with Crippen molar-refractivity contribution in [3.05, 3.63) is 60.2 Å². The fourth-order valence-corrected chi connectivity index (χ4v) is 2.30. The highest BCUT2D eigenvalue weighted by Gasteiger charge is 2.08. The van der Waals surface area contributed by atoms with E-state index < -0.39 is 0 Å². The van der Waals surface area contributed by atoms with Gasteiger partial charge in [0.05, 0.1) is 6.54 Å². The molecule has 0 saturated carbocycles. The maximum Gasteiger partial charge on any atom is 0.238 e. The van der Waals surface area contributed by atoms with E-state index in [2.05, 4.69) is 12.2 Å². The minimum atomic E-state index is -0.00638. The van der Waals surface area contributed by atoms with Crippen molar-refractivity contribution in [2.45, 2.75) is 13.3 Å². The number of ether oxygens (including phenoxy) is 1. The quantitative estimate of drug-likeness (QED) is 0.814. The second kappa shape index (κ2) is 8.96. The molecule has 1 amide bonds. The van der Waals surface area contributed by atoms with E-state index in [0.717, 1.165) is 23.4 Å². The number of hydrogen-bond acceptors (Lipinski definition) is 3. The summed E-state index contributed by atoms with van der Waals surface area (Å²) in [6.07, 6.45) is 0.900. The van der Waals surface area contributed by atoms with Crippen molar-refractivity contribution >= 4 is 11.6 Å². The van der Waals surface area contributed by atoms with Crippen LogP contribution in [0.2, 0.25) is 0 Å². The molecule has 0 fully saturated rings. The van der Waals surface area contributed by atoms with Crippen molar-refractivity contribution < 1.29 is 9.53 Å². The standard InChI is InChI=1S/C19H24N2O2/c1-3-16-9-7-8-12-18(16)20-19(22)15-21(2)13-14-23-17-10-5-4-6-11-17/h4-12H,3,13-15H2,1-2H3,(H,20,22). The summed E-state index contributed by atoms with van der Waals surface area (Å²) < 4.78 is 5.64. The Hall–Kier alpha value is -2.33. The minimum absolute atomic E-state index is 0.00638. The first-order valence-corrected chi connectivity index (χ1v) is 7.93. The molecule has 0 unspecified atom stereocenters. The second-order valence-electron chi connectivity index (χ2n) is 5.46. The lowest BCUT2D eigenvalue weighted by atomic mass is 10.1. The predicted octanol–water partition coefficient (Wildman–Crippen LogP) is 3.20. The molecule has 4 nitrogen and oxygen atoms in total. The van der Waals surface area contributed by atoms with Crippen LogP contribution in [0.5, 0.6) is 5.75 Å². The Morgan fingerprint density at radius 3 is 2.52 bits per heavy atom. The number of nitrogens with zero attached hydrogens (tertiary/aromatic N) is 1. The molecule has 0 saturated heterocycles. The van der Waals surface area contributed by atoms with Gasteiger partial charge in [0.15, 0.2) is 0 Å². The lowest BCUT2D eigenvalue weighted by molar-refractivity contribution is -0.117. The number of carbonyl (C=O) groups excluding carboxylic acids is 1. The Kier molecular flexibility index (Phi) is 6.63. The summed E-state index contributed by atoms with van der Waals surface area (Å²) in [5.41, 5.74) is 2.05. The molecule has 0 heterocycles. The molecule has 0 aliphatic heterocycles. The van der Waals surface area contributed by atoms with E-state index in [1.807, 2.05) is 66.5 Å². The number of carbonyl (C=O) groups is 1. The van der Waals surface area contributed by atoms with E-state index in [-0.39, 0.29) is 5.91 Å². The van der Waals surface area contributed by atoms with Gasteiger partial charge >= 0.3 is 0 Å². The average molecular weight is 312 g/mol. The van der Waals surface area contributed by atoms with Crippen LogP contribution in [0.4, 0.5) is 5.69 Å². The molecule has 1 N–H and O–H groups in total. The number of likely N-dealkylation sites (N-methyl/N-ethyl adjacent to an activating group) is 1. The zero-order valence-corrected chi connectivity index (χ0v) is 13.8. The number of nitrogens with one attached hydrogen (secondary N) is 1. The Bertz CT molecular complexity index is 614.